The zero-order chi connectivity index (χ0) is 23.4. The molecule has 1 aliphatic heterocycles. The standard InChI is InChI=1S/C27H22N3OS3/c1-4-15-30-23(16-22-28(2)19-11-7-8-12-20(19)32-22)34-25(26(30)31)27-29(3)24-18-10-6-5-9-17(18)13-14-21(24)33-27/h4-14,16H,1,15H2,2-3H3/q+1/b27-25-. The van der Waals surface area contributed by atoms with Gasteiger partial charge in [-0.25, -0.2) is 0 Å². The maximum Gasteiger partial charge on any atom is 0.272 e. The molecule has 168 valence electrons. The van der Waals surface area contributed by atoms with E-state index in [9.17, 15) is 4.79 Å². The Morgan fingerprint density at radius 2 is 1.82 bits per heavy atom. The smallest absolute Gasteiger partial charge is 0.272 e. The van der Waals surface area contributed by atoms with Gasteiger partial charge in [0.05, 0.1) is 11.8 Å². The number of hydrogen-bond acceptors (Lipinski definition) is 5. The number of allylic oxidation sites excluding steroid dienone is 1. The van der Waals surface area contributed by atoms with Gasteiger partial charge in [-0.2, -0.15) is 4.57 Å². The van der Waals surface area contributed by atoms with Crippen LogP contribution in [0.15, 0.2) is 83.0 Å². The molecule has 0 atom stereocenters. The third kappa shape index (κ3) is 3.27. The van der Waals surface area contributed by atoms with Crippen LogP contribution in [0.3, 0.4) is 0 Å². The molecule has 0 radical (unpaired) electrons. The Morgan fingerprint density at radius 3 is 2.65 bits per heavy atom. The normalized spacial score (nSPS) is 15.5. The number of benzene rings is 3. The van der Waals surface area contributed by atoms with E-state index in [1.54, 1.807) is 40.5 Å². The summed E-state index contributed by atoms with van der Waals surface area (Å²) in [7, 11) is 4.14. The Hall–Kier alpha value is -3.13. The number of para-hydroxylation sites is 1. The number of hydrogen-bond donors (Lipinski definition) is 0. The van der Waals surface area contributed by atoms with E-state index in [2.05, 4.69) is 96.9 Å². The fourth-order valence-corrected chi connectivity index (χ4v) is 8.04. The Kier molecular flexibility index (Phi) is 5.21. The molecule has 3 heterocycles. The molecule has 1 aliphatic rings. The summed E-state index contributed by atoms with van der Waals surface area (Å²) < 4.78 is 6.95. The largest absolute Gasteiger partial charge is 0.336 e. The van der Waals surface area contributed by atoms with E-state index in [-0.39, 0.29) is 5.56 Å². The highest BCUT2D eigenvalue weighted by atomic mass is 32.2. The summed E-state index contributed by atoms with van der Waals surface area (Å²) in [4.78, 5) is 17.0. The van der Waals surface area contributed by atoms with E-state index in [1.807, 2.05) is 4.57 Å². The molecule has 0 amide bonds. The highest BCUT2D eigenvalue weighted by Gasteiger charge is 2.27. The molecular weight excluding hydrogens is 479 g/mol. The molecule has 0 unspecified atom stereocenters. The average molecular weight is 501 g/mol. The van der Waals surface area contributed by atoms with Crippen LogP contribution < -0.4 is 24.2 Å². The van der Waals surface area contributed by atoms with Gasteiger partial charge in [-0.05, 0) is 17.5 Å². The van der Waals surface area contributed by atoms with Crippen molar-refractivity contribution in [3.05, 3.63) is 97.9 Å². The number of fused-ring (bicyclic) bond motifs is 4. The zero-order valence-corrected chi connectivity index (χ0v) is 21.3. The van der Waals surface area contributed by atoms with Crippen molar-refractivity contribution in [1.82, 2.24) is 4.57 Å². The minimum atomic E-state index is 0.0337. The van der Waals surface area contributed by atoms with E-state index in [1.165, 1.54) is 31.6 Å². The number of aromatic nitrogens is 2. The van der Waals surface area contributed by atoms with Crippen molar-refractivity contribution >= 4 is 72.2 Å². The number of nitrogens with zero attached hydrogens (tertiary/aromatic N) is 3. The van der Waals surface area contributed by atoms with E-state index >= 15 is 0 Å². The fraction of sp³-hybridized carbons (Fsp3) is 0.111. The molecule has 34 heavy (non-hydrogen) atoms. The van der Waals surface area contributed by atoms with Crippen LogP contribution in [0.25, 0.3) is 32.1 Å². The molecule has 0 saturated carbocycles. The molecule has 5 aromatic rings. The van der Waals surface area contributed by atoms with Crippen molar-refractivity contribution in [3.8, 4) is 0 Å². The van der Waals surface area contributed by atoms with Crippen molar-refractivity contribution in [1.29, 1.82) is 0 Å². The summed E-state index contributed by atoms with van der Waals surface area (Å²) >= 11 is 4.97. The second-order valence-electron chi connectivity index (χ2n) is 8.18. The summed E-state index contributed by atoms with van der Waals surface area (Å²) in [5, 5.41) is 4.51. The first kappa shape index (κ1) is 21.4. The molecular formula is C27H22N3OS3+. The van der Waals surface area contributed by atoms with Crippen LogP contribution in [0.4, 0.5) is 5.69 Å². The highest BCUT2D eigenvalue weighted by molar-refractivity contribution is 8.08. The monoisotopic (exact) mass is 500 g/mol. The van der Waals surface area contributed by atoms with Gasteiger partial charge < -0.3 is 4.90 Å². The van der Waals surface area contributed by atoms with Crippen LogP contribution in [-0.2, 0) is 13.6 Å². The molecule has 0 N–H and O–H groups in total. The van der Waals surface area contributed by atoms with Gasteiger partial charge in [0.25, 0.3) is 10.6 Å². The van der Waals surface area contributed by atoms with Crippen LogP contribution in [0.1, 0.15) is 5.01 Å². The minimum Gasteiger partial charge on any atom is -0.336 e. The molecule has 0 aliphatic carbocycles. The lowest BCUT2D eigenvalue weighted by molar-refractivity contribution is -0.642. The van der Waals surface area contributed by atoms with Crippen LogP contribution >= 0.6 is 34.4 Å². The van der Waals surface area contributed by atoms with Gasteiger partial charge in [0.15, 0.2) is 0 Å². The molecule has 6 rings (SSSR count). The lowest BCUT2D eigenvalue weighted by Gasteiger charge is -2.15. The Balaban J connectivity index is 1.58. The third-order valence-corrected chi connectivity index (χ3v) is 9.78. The van der Waals surface area contributed by atoms with Crippen LogP contribution in [-0.4, -0.2) is 11.6 Å². The Bertz CT molecular complexity index is 1790. The van der Waals surface area contributed by atoms with Crippen molar-refractivity contribution in [3.63, 3.8) is 0 Å². The minimum absolute atomic E-state index is 0.0337. The number of anilines is 1. The third-order valence-electron chi connectivity index (χ3n) is 6.15. The molecule has 0 spiro atoms. The van der Waals surface area contributed by atoms with Gasteiger partial charge in [0, 0.05) is 29.9 Å². The van der Waals surface area contributed by atoms with Crippen molar-refractivity contribution < 1.29 is 4.57 Å². The van der Waals surface area contributed by atoms with Gasteiger partial charge in [-0.3, -0.25) is 9.36 Å². The van der Waals surface area contributed by atoms with Gasteiger partial charge in [0.2, 0.25) is 5.52 Å². The summed E-state index contributed by atoms with van der Waals surface area (Å²) in [5.41, 5.74) is 2.39. The molecule has 0 bridgehead atoms. The summed E-state index contributed by atoms with van der Waals surface area (Å²) in [5.74, 6) is 0. The topological polar surface area (TPSA) is 29.1 Å². The molecule has 2 aromatic heterocycles. The molecule has 7 heteroatoms. The first-order chi connectivity index (χ1) is 16.6. The highest BCUT2D eigenvalue weighted by Crippen LogP contribution is 2.48. The maximum absolute atomic E-state index is 13.6. The van der Waals surface area contributed by atoms with E-state index in [0.717, 1.165) is 19.2 Å². The van der Waals surface area contributed by atoms with Gasteiger partial charge in [0.1, 0.15) is 26.0 Å². The summed E-state index contributed by atoms with van der Waals surface area (Å²) in [6.45, 7) is 4.37. The zero-order valence-electron chi connectivity index (χ0n) is 18.8. The average Bonchev–Trinajstić information content (AvgIpc) is 3.47. The second kappa shape index (κ2) is 8.27. The van der Waals surface area contributed by atoms with Crippen LogP contribution in [0.5, 0.6) is 0 Å². The molecule has 0 fully saturated rings. The predicted molar refractivity (Wildman–Crippen MR) is 146 cm³/mol. The lowest BCUT2D eigenvalue weighted by Crippen LogP contribution is -2.34. The lowest BCUT2D eigenvalue weighted by atomic mass is 10.1. The van der Waals surface area contributed by atoms with Gasteiger partial charge in [-0.15, -0.1) is 17.9 Å². The maximum atomic E-state index is 13.6. The number of thiazole rings is 2. The SMILES string of the molecule is C=CCn1c(=O)/c(=C2/Sc3ccc4ccccc4c3N2C)s/c1=C\c1sc2ccccc2[n+]1C. The molecule has 0 saturated heterocycles. The van der Waals surface area contributed by atoms with Gasteiger partial charge in [-0.1, -0.05) is 71.6 Å². The quantitative estimate of drug-likeness (QED) is 0.271. The Labute approximate surface area is 209 Å². The first-order valence-corrected chi connectivity index (χ1v) is 13.4. The van der Waals surface area contributed by atoms with E-state index < -0.39 is 0 Å². The second-order valence-corrected chi connectivity index (χ2v) is 11.3. The molecule has 4 nitrogen and oxygen atoms in total. The van der Waals surface area contributed by atoms with Gasteiger partial charge >= 0.3 is 0 Å². The first-order valence-electron chi connectivity index (χ1n) is 10.9. The number of rotatable bonds is 3. The Morgan fingerprint density at radius 1 is 1.03 bits per heavy atom. The molecule has 3 aromatic carbocycles. The summed E-state index contributed by atoms with van der Waals surface area (Å²) in [6, 6.07) is 21.1. The van der Waals surface area contributed by atoms with Crippen molar-refractivity contribution in [2.75, 3.05) is 11.9 Å². The van der Waals surface area contributed by atoms with Crippen molar-refractivity contribution in [2.24, 2.45) is 7.05 Å². The van der Waals surface area contributed by atoms with E-state index in [0.29, 0.717) is 6.54 Å². The van der Waals surface area contributed by atoms with Crippen LogP contribution in [0.2, 0.25) is 0 Å². The predicted octanol–water partition coefficient (Wildman–Crippen LogP) is 4.42. The number of aryl methyl sites for hydroxylation is 1. The van der Waals surface area contributed by atoms with E-state index in [4.69, 9.17) is 0 Å². The number of thioether (sulfide) groups is 1. The van der Waals surface area contributed by atoms with Crippen LogP contribution in [0, 0.1) is 0 Å². The summed E-state index contributed by atoms with van der Waals surface area (Å²) in [6.07, 6.45) is 3.92. The fourth-order valence-electron chi connectivity index (χ4n) is 4.46. The van der Waals surface area contributed by atoms with Crippen molar-refractivity contribution in [2.45, 2.75) is 11.4 Å².